The third-order valence-electron chi connectivity index (χ3n) is 4.72. The fraction of sp³-hybridized carbons (Fsp3) is 0. The Hall–Kier alpha value is -1.76. The highest BCUT2D eigenvalue weighted by molar-refractivity contribution is 8.61. The molecule has 0 unspecified atom stereocenters. The van der Waals surface area contributed by atoms with Crippen LogP contribution in [0.1, 0.15) is 0 Å². The minimum absolute atomic E-state index is 1.14. The maximum Gasteiger partial charge on any atom is 0.252 e. The van der Waals surface area contributed by atoms with Gasteiger partial charge in [-0.3, -0.25) is 0 Å². The van der Waals surface area contributed by atoms with E-state index in [0.29, 0.717) is 0 Å². The van der Waals surface area contributed by atoms with Gasteiger partial charge >= 0.3 is 0 Å². The van der Waals surface area contributed by atoms with Gasteiger partial charge in [-0.05, 0) is 24.3 Å². The Labute approximate surface area is 184 Å². The van der Waals surface area contributed by atoms with E-state index in [1.807, 2.05) is 24.3 Å². The van der Waals surface area contributed by atoms with Crippen molar-refractivity contribution in [3.05, 3.63) is 121 Å². The van der Waals surface area contributed by atoms with E-state index in [2.05, 4.69) is 97.1 Å². The number of hydrogen-bond acceptors (Lipinski definition) is 2. The molecule has 0 bridgehead atoms. The first-order chi connectivity index (χ1) is 14.1. The predicted octanol–water partition coefficient (Wildman–Crippen LogP) is 6.11. The lowest BCUT2D eigenvalue weighted by Crippen LogP contribution is -2.19. The smallest absolute Gasteiger partial charge is 0.122 e. The van der Waals surface area contributed by atoms with Crippen LogP contribution in [0.2, 0.25) is 0 Å². The van der Waals surface area contributed by atoms with Gasteiger partial charge in [0.2, 0.25) is 0 Å². The number of nitrogens with zero attached hydrogens (tertiary/aromatic N) is 1. The van der Waals surface area contributed by atoms with E-state index >= 15 is 0 Å². The van der Waals surface area contributed by atoms with Gasteiger partial charge in [-0.1, -0.05) is 97.1 Å². The second-order valence-electron chi connectivity index (χ2n) is 6.63. The largest absolute Gasteiger partial charge is 0.252 e. The van der Waals surface area contributed by atoms with Crippen LogP contribution in [0.3, 0.4) is 0 Å². The molecule has 0 heterocycles. The summed E-state index contributed by atoms with van der Waals surface area (Å²) in [4.78, 5) is 0. The van der Waals surface area contributed by atoms with Crippen LogP contribution >= 0.6 is 37.4 Å². The molecule has 0 saturated heterocycles. The fourth-order valence-corrected chi connectivity index (χ4v) is 13.7. The van der Waals surface area contributed by atoms with Crippen molar-refractivity contribution in [2.75, 3.05) is 0 Å². The summed E-state index contributed by atoms with van der Waals surface area (Å²) in [6.45, 7) is -2.33. The molecule has 0 radical (unpaired) electrons. The van der Waals surface area contributed by atoms with E-state index in [-0.39, 0.29) is 0 Å². The van der Waals surface area contributed by atoms with Gasteiger partial charge in [0.05, 0.1) is 0 Å². The molecule has 0 amide bonds. The zero-order chi connectivity index (χ0) is 20.2. The summed E-state index contributed by atoms with van der Waals surface area (Å²) in [7, 11) is 0. The number of thiol groups is 2. The lowest BCUT2D eigenvalue weighted by atomic mass is 10.4. The molecule has 0 spiro atoms. The second kappa shape index (κ2) is 8.94. The molecular formula is C24H22NP2S2+. The van der Waals surface area contributed by atoms with Crippen LogP contribution < -0.4 is 21.2 Å². The summed E-state index contributed by atoms with van der Waals surface area (Å²) >= 11 is 10.6. The third-order valence-corrected chi connectivity index (χ3v) is 15.1. The van der Waals surface area contributed by atoms with Gasteiger partial charge in [-0.2, -0.15) is 0 Å². The van der Waals surface area contributed by atoms with Crippen LogP contribution in [0.15, 0.2) is 126 Å². The van der Waals surface area contributed by atoms with Crippen LogP contribution in [-0.4, -0.2) is 0 Å². The molecule has 4 aromatic rings. The van der Waals surface area contributed by atoms with Gasteiger partial charge in [0.1, 0.15) is 16.9 Å². The van der Waals surface area contributed by atoms with Crippen molar-refractivity contribution >= 4 is 58.6 Å². The topological polar surface area (TPSA) is 12.4 Å². The number of benzene rings is 4. The average molecular weight is 451 g/mol. The molecule has 144 valence electrons. The van der Waals surface area contributed by atoms with Crippen molar-refractivity contribution < 1.29 is 0 Å². The van der Waals surface area contributed by atoms with Crippen LogP contribution in [0.4, 0.5) is 0 Å². The van der Waals surface area contributed by atoms with E-state index in [9.17, 15) is 0 Å². The minimum Gasteiger partial charge on any atom is -0.122 e. The van der Waals surface area contributed by atoms with Gasteiger partial charge in [0.15, 0.2) is 0 Å². The molecule has 4 aromatic carbocycles. The highest BCUT2D eigenvalue weighted by Gasteiger charge is 2.43. The van der Waals surface area contributed by atoms with E-state index < -0.39 is 12.9 Å². The first-order valence-electron chi connectivity index (χ1n) is 9.34. The maximum absolute atomic E-state index is 5.57. The molecule has 1 nitrogen and oxygen atoms in total. The van der Waals surface area contributed by atoms with Crippen molar-refractivity contribution in [2.24, 2.45) is 4.52 Å². The van der Waals surface area contributed by atoms with Crippen molar-refractivity contribution in [3.63, 3.8) is 0 Å². The number of rotatable bonds is 5. The van der Waals surface area contributed by atoms with E-state index in [4.69, 9.17) is 29.0 Å². The molecule has 0 aliphatic rings. The van der Waals surface area contributed by atoms with Crippen molar-refractivity contribution in [1.82, 2.24) is 0 Å². The molecule has 0 aliphatic carbocycles. The Balaban J connectivity index is 2.05. The second-order valence-corrected chi connectivity index (χ2v) is 15.3. The van der Waals surface area contributed by atoms with Crippen LogP contribution in [0, 0.1) is 0 Å². The first kappa shape index (κ1) is 20.5. The molecule has 0 fully saturated rings. The Bertz CT molecular complexity index is 1040. The molecule has 29 heavy (non-hydrogen) atoms. The van der Waals surface area contributed by atoms with E-state index in [1.165, 1.54) is 0 Å². The Morgan fingerprint density at radius 3 is 1.17 bits per heavy atom. The molecule has 4 rings (SSSR count). The predicted molar refractivity (Wildman–Crippen MR) is 139 cm³/mol. The highest BCUT2D eigenvalue weighted by Crippen LogP contribution is 2.71. The summed E-state index contributed by atoms with van der Waals surface area (Å²) in [6.07, 6.45) is -2.33. The van der Waals surface area contributed by atoms with Crippen LogP contribution in [0.25, 0.3) is 0 Å². The quantitative estimate of drug-likeness (QED) is 0.269. The zero-order valence-electron chi connectivity index (χ0n) is 15.8. The summed E-state index contributed by atoms with van der Waals surface area (Å²) in [5.41, 5.74) is 0. The molecule has 5 heteroatoms. The maximum atomic E-state index is 5.57. The minimum atomic E-state index is -2.33. The van der Waals surface area contributed by atoms with Crippen molar-refractivity contribution in [2.45, 2.75) is 0 Å². The summed E-state index contributed by atoms with van der Waals surface area (Å²) in [6, 6.07) is 41.6. The Morgan fingerprint density at radius 2 is 0.828 bits per heavy atom. The Morgan fingerprint density at radius 1 is 0.517 bits per heavy atom. The molecule has 0 aromatic heterocycles. The van der Waals surface area contributed by atoms with Gasteiger partial charge in [0, 0.05) is 22.9 Å². The Kier molecular flexibility index (Phi) is 6.32. The zero-order valence-corrected chi connectivity index (χ0v) is 19.4. The van der Waals surface area contributed by atoms with Crippen LogP contribution in [0.5, 0.6) is 0 Å². The average Bonchev–Trinajstić information content (AvgIpc) is 2.81. The van der Waals surface area contributed by atoms with Crippen molar-refractivity contribution in [3.8, 4) is 0 Å². The normalized spacial score (nSPS) is 11.8. The molecule has 0 atom stereocenters. The third kappa shape index (κ3) is 4.25. The fourth-order valence-electron chi connectivity index (χ4n) is 3.24. The van der Waals surface area contributed by atoms with E-state index in [0.717, 1.165) is 21.2 Å². The molecule has 0 saturated carbocycles. The SMILES string of the molecule is SP(=N[P+](S)(c1ccccc1)c1ccccc1)(c1ccccc1)c1ccccc1. The summed E-state index contributed by atoms with van der Waals surface area (Å²) in [5.74, 6) is 0. The number of hydrogen-bond donors (Lipinski definition) is 2. The lowest BCUT2D eigenvalue weighted by molar-refractivity contribution is 1.72. The summed E-state index contributed by atoms with van der Waals surface area (Å²) in [5, 5.41) is 4.55. The summed E-state index contributed by atoms with van der Waals surface area (Å²) < 4.78 is 5.57. The standard InChI is InChI=1S/C24H22NP2S2/c28-26(21-13-5-1-6-14-21,22-15-7-2-8-16-22)25-27(29,23-17-9-3-10-18-23)24-19-11-4-12-20-24/h1-20,28-29H/q+1. The van der Waals surface area contributed by atoms with Gasteiger partial charge in [0.25, 0.3) is 6.62 Å². The van der Waals surface area contributed by atoms with E-state index in [1.54, 1.807) is 0 Å². The molecule has 0 N–H and O–H groups in total. The lowest BCUT2D eigenvalue weighted by Gasteiger charge is -2.24. The van der Waals surface area contributed by atoms with Crippen LogP contribution in [-0.2, 0) is 0 Å². The first-order valence-corrected chi connectivity index (χ1v) is 15.1. The monoisotopic (exact) mass is 450 g/mol. The van der Waals surface area contributed by atoms with Gasteiger partial charge < -0.3 is 0 Å². The van der Waals surface area contributed by atoms with Crippen molar-refractivity contribution in [1.29, 1.82) is 0 Å². The highest BCUT2D eigenvalue weighted by atomic mass is 32.7. The molecule has 0 aliphatic heterocycles. The molecular weight excluding hydrogens is 428 g/mol. The van der Waals surface area contributed by atoms with Gasteiger partial charge in [-0.25, -0.2) is 0 Å². The van der Waals surface area contributed by atoms with Gasteiger partial charge in [-0.15, -0.1) is 16.8 Å².